The van der Waals surface area contributed by atoms with Crippen LogP contribution in [0.5, 0.6) is 0 Å². The number of halogens is 4. The monoisotopic (exact) mass is 503 g/mol. The maximum Gasteiger partial charge on any atom is 0.446 e. The van der Waals surface area contributed by atoms with E-state index in [-0.39, 0.29) is 33.6 Å². The van der Waals surface area contributed by atoms with Crippen molar-refractivity contribution in [1.29, 1.82) is 0 Å². The number of thioether (sulfide) groups is 1. The van der Waals surface area contributed by atoms with Gasteiger partial charge in [0.2, 0.25) is 0 Å². The van der Waals surface area contributed by atoms with Crippen LogP contribution in [0.15, 0.2) is 47.8 Å². The third-order valence-corrected chi connectivity index (χ3v) is 7.26. The van der Waals surface area contributed by atoms with Gasteiger partial charge < -0.3 is 10.6 Å². The number of imidazole rings is 1. The molecule has 5 rings (SSSR count). The maximum atomic E-state index is 15.1. The molecule has 4 aromatic rings. The Morgan fingerprint density at radius 3 is 2.69 bits per heavy atom. The van der Waals surface area contributed by atoms with Crippen molar-refractivity contribution < 1.29 is 22.4 Å². The van der Waals surface area contributed by atoms with Crippen LogP contribution >= 0.6 is 11.8 Å². The van der Waals surface area contributed by atoms with Gasteiger partial charge in [-0.25, -0.2) is 14.4 Å². The average Bonchev–Trinajstić information content (AvgIpc) is 3.35. The molecule has 1 atom stereocenters. The van der Waals surface area contributed by atoms with Gasteiger partial charge in [0.15, 0.2) is 0 Å². The van der Waals surface area contributed by atoms with Crippen LogP contribution in [0.2, 0.25) is 0 Å². The Morgan fingerprint density at radius 2 is 1.97 bits per heavy atom. The van der Waals surface area contributed by atoms with Crippen LogP contribution in [-0.2, 0) is 5.41 Å². The molecule has 1 amide bonds. The molecule has 0 aliphatic heterocycles. The number of nitrogens with two attached hydrogens (primary N) is 1. The van der Waals surface area contributed by atoms with Crippen molar-refractivity contribution in [1.82, 2.24) is 19.3 Å². The molecule has 0 saturated heterocycles. The first kappa shape index (κ1) is 23.4. The van der Waals surface area contributed by atoms with Gasteiger partial charge in [-0.1, -0.05) is 19.9 Å². The lowest BCUT2D eigenvalue weighted by atomic mass is 9.86. The lowest BCUT2D eigenvalue weighted by molar-refractivity contribution is -0.0328. The molecule has 0 radical (unpaired) electrons. The Balaban J connectivity index is 1.53. The number of aromatic nitrogens is 3. The van der Waals surface area contributed by atoms with Gasteiger partial charge in [-0.3, -0.25) is 9.20 Å². The number of carbonyl (C=O) groups is 1. The molecule has 1 aliphatic rings. The topological polar surface area (TPSA) is 76.5 Å². The first-order chi connectivity index (χ1) is 16.4. The van der Waals surface area contributed by atoms with Gasteiger partial charge in [0.25, 0.3) is 5.91 Å². The molecular formula is C24H21F4N5OS. The summed E-state index contributed by atoms with van der Waals surface area (Å²) in [6.07, 6.45) is 3.53. The van der Waals surface area contributed by atoms with Crippen molar-refractivity contribution in [3.8, 4) is 0 Å². The van der Waals surface area contributed by atoms with Crippen molar-refractivity contribution in [2.45, 2.75) is 42.1 Å². The van der Waals surface area contributed by atoms with Crippen molar-refractivity contribution >= 4 is 40.0 Å². The highest BCUT2D eigenvalue weighted by Gasteiger charge is 2.41. The van der Waals surface area contributed by atoms with Crippen molar-refractivity contribution in [3.63, 3.8) is 0 Å². The van der Waals surface area contributed by atoms with E-state index in [0.717, 1.165) is 11.1 Å². The zero-order valence-corrected chi connectivity index (χ0v) is 19.8. The highest BCUT2D eigenvalue weighted by Crippen LogP contribution is 2.49. The molecule has 182 valence electrons. The molecule has 11 heteroatoms. The van der Waals surface area contributed by atoms with Gasteiger partial charge in [0.05, 0.1) is 35.2 Å². The fraction of sp³-hybridized carbons (Fsp3) is 0.292. The summed E-state index contributed by atoms with van der Waals surface area (Å²) >= 11 is -0.166. The van der Waals surface area contributed by atoms with E-state index in [4.69, 9.17) is 5.73 Å². The zero-order chi connectivity index (χ0) is 25.3. The molecule has 0 saturated carbocycles. The molecule has 0 fully saturated rings. The van der Waals surface area contributed by atoms with Gasteiger partial charge in [0, 0.05) is 18.0 Å². The van der Waals surface area contributed by atoms with Gasteiger partial charge in [-0.05, 0) is 52.9 Å². The summed E-state index contributed by atoms with van der Waals surface area (Å²) in [6.45, 7) is 3.85. The summed E-state index contributed by atoms with van der Waals surface area (Å²) in [7, 11) is 1.58. The number of amides is 1. The molecule has 6 nitrogen and oxygen atoms in total. The largest absolute Gasteiger partial charge is 0.446 e. The number of anilines is 1. The van der Waals surface area contributed by atoms with Gasteiger partial charge in [-0.15, -0.1) is 0 Å². The number of benzene rings is 2. The minimum atomic E-state index is -4.39. The molecule has 2 aromatic heterocycles. The number of hydrogen-bond donors (Lipinski definition) is 1. The van der Waals surface area contributed by atoms with Crippen LogP contribution in [0.4, 0.5) is 23.4 Å². The predicted molar refractivity (Wildman–Crippen MR) is 126 cm³/mol. The molecular weight excluding hydrogens is 482 g/mol. The van der Waals surface area contributed by atoms with E-state index in [0.29, 0.717) is 17.5 Å². The summed E-state index contributed by atoms with van der Waals surface area (Å²) in [4.78, 5) is 23.3. The summed E-state index contributed by atoms with van der Waals surface area (Å²) in [6, 6.07) is 6.74. The van der Waals surface area contributed by atoms with Gasteiger partial charge >= 0.3 is 5.51 Å². The minimum Gasteiger partial charge on any atom is -0.382 e. The fourth-order valence-electron chi connectivity index (χ4n) is 4.85. The normalized spacial score (nSPS) is 17.2. The van der Waals surface area contributed by atoms with E-state index in [2.05, 4.69) is 9.97 Å². The molecule has 0 unspecified atom stereocenters. The Kier molecular flexibility index (Phi) is 5.24. The first-order valence-electron chi connectivity index (χ1n) is 10.7. The molecule has 0 bridgehead atoms. The van der Waals surface area contributed by atoms with Crippen molar-refractivity contribution in [3.05, 3.63) is 65.4 Å². The Labute approximate surface area is 202 Å². The smallest absolute Gasteiger partial charge is 0.382 e. The number of rotatable bonds is 3. The Morgan fingerprint density at radius 1 is 1.23 bits per heavy atom. The van der Waals surface area contributed by atoms with Crippen molar-refractivity contribution in [2.24, 2.45) is 0 Å². The van der Waals surface area contributed by atoms with E-state index >= 15 is 4.39 Å². The van der Waals surface area contributed by atoms with Gasteiger partial charge in [-0.2, -0.15) is 13.2 Å². The molecule has 2 N–H and O–H groups in total. The number of fused-ring (bicyclic) bond motifs is 4. The lowest BCUT2D eigenvalue weighted by Gasteiger charge is -2.27. The Hall–Kier alpha value is -3.34. The molecule has 2 heterocycles. The highest BCUT2D eigenvalue weighted by molar-refractivity contribution is 8.00. The third-order valence-electron chi connectivity index (χ3n) is 6.53. The lowest BCUT2D eigenvalue weighted by Crippen LogP contribution is -2.31. The predicted octanol–water partition coefficient (Wildman–Crippen LogP) is 5.71. The number of nitrogen functional groups attached to an aromatic ring is 1. The number of nitrogens with zero attached hydrogens (tertiary/aromatic N) is 4. The van der Waals surface area contributed by atoms with E-state index < -0.39 is 28.7 Å². The van der Waals surface area contributed by atoms with Crippen LogP contribution < -0.4 is 5.73 Å². The van der Waals surface area contributed by atoms with Crippen LogP contribution in [0.1, 0.15) is 47.8 Å². The summed E-state index contributed by atoms with van der Waals surface area (Å²) in [5, 5.41) is 0. The van der Waals surface area contributed by atoms with Crippen LogP contribution in [0, 0.1) is 5.82 Å². The minimum absolute atomic E-state index is 0.0932. The third kappa shape index (κ3) is 3.97. The van der Waals surface area contributed by atoms with E-state index in [9.17, 15) is 18.0 Å². The molecule has 2 aromatic carbocycles. The second-order valence-corrected chi connectivity index (χ2v) is 10.4. The average molecular weight is 504 g/mol. The quantitative estimate of drug-likeness (QED) is 0.286. The van der Waals surface area contributed by atoms with E-state index in [1.54, 1.807) is 17.5 Å². The zero-order valence-electron chi connectivity index (χ0n) is 19.0. The summed E-state index contributed by atoms with van der Waals surface area (Å²) in [5.41, 5.74) is 3.72. The van der Waals surface area contributed by atoms with E-state index in [1.165, 1.54) is 41.7 Å². The second-order valence-electron chi connectivity index (χ2n) is 9.28. The molecule has 35 heavy (non-hydrogen) atoms. The van der Waals surface area contributed by atoms with Crippen LogP contribution in [0.25, 0.3) is 16.6 Å². The number of hydrogen-bond acceptors (Lipinski definition) is 5. The molecule has 1 aliphatic carbocycles. The number of carbonyl (C=O) groups excluding carboxylic acids is 1. The Bertz CT molecular complexity index is 1500. The first-order valence-corrected chi connectivity index (χ1v) is 11.6. The van der Waals surface area contributed by atoms with Crippen LogP contribution in [0.3, 0.4) is 0 Å². The molecule has 0 spiro atoms. The summed E-state index contributed by atoms with van der Waals surface area (Å²) in [5.74, 6) is -1.09. The van der Waals surface area contributed by atoms with Crippen LogP contribution in [-0.4, -0.2) is 37.7 Å². The number of alkyl halides is 3. The second kappa shape index (κ2) is 7.84. The van der Waals surface area contributed by atoms with Gasteiger partial charge in [0.1, 0.15) is 17.2 Å². The summed E-state index contributed by atoms with van der Waals surface area (Å²) < 4.78 is 55.4. The fourth-order valence-corrected chi connectivity index (χ4v) is 5.43. The standard InChI is InChI=1S/C24H21F4N5OS/c1-23(2)9-19(13-5-4-12(6-15(13)23)35-24(26,27)28)32(3)22(34)14-7-18-17(8-16(14)25)31-21(29)20-10-30-11-33(18)20/h4-8,10-11,19H,9H2,1-3H3,(H2,29,31)/t19-/m1/s1. The van der Waals surface area contributed by atoms with E-state index in [1.807, 2.05) is 13.8 Å². The SMILES string of the molecule is CN(C(=O)c1cc2c(cc1F)nc(N)c1cncn12)[C@@H]1CC(C)(C)c2cc(SC(F)(F)F)ccc21. The maximum absolute atomic E-state index is 15.1. The highest BCUT2D eigenvalue weighted by atomic mass is 32.2. The van der Waals surface area contributed by atoms with Crippen molar-refractivity contribution in [2.75, 3.05) is 12.8 Å².